The van der Waals surface area contributed by atoms with Gasteiger partial charge in [-0.05, 0) is 19.3 Å². The molecule has 2 heterocycles. The Morgan fingerprint density at radius 1 is 1.45 bits per heavy atom. The monoisotopic (exact) mass is 317 g/mol. The maximum Gasteiger partial charge on any atom is 0.229 e. The van der Waals surface area contributed by atoms with Gasteiger partial charge in [0.1, 0.15) is 0 Å². The number of carbonyl (C=O) groups excluding carboxylic acids is 1. The van der Waals surface area contributed by atoms with Crippen molar-refractivity contribution in [1.82, 2.24) is 4.98 Å². The minimum Gasteiger partial charge on any atom is -0.375 e. The summed E-state index contributed by atoms with van der Waals surface area (Å²) in [4.78, 5) is 17.8. The molecular formula is C13H20ClN3O2S. The van der Waals surface area contributed by atoms with Crippen LogP contribution < -0.4 is 11.1 Å². The molecule has 112 valence electrons. The molecule has 2 unspecified atom stereocenters. The molecule has 1 aliphatic carbocycles. The number of aromatic nitrogens is 1. The lowest BCUT2D eigenvalue weighted by Crippen LogP contribution is -2.34. The SMILES string of the molecule is Cl.NC1CCCC(C(=O)Nc2nc3c(s2)COCC3)C1. The van der Waals surface area contributed by atoms with Gasteiger partial charge in [0.05, 0.1) is 23.8 Å². The first-order valence-electron chi connectivity index (χ1n) is 6.85. The van der Waals surface area contributed by atoms with Crippen molar-refractivity contribution in [3.8, 4) is 0 Å². The maximum absolute atomic E-state index is 12.2. The second-order valence-electron chi connectivity index (χ2n) is 5.30. The smallest absolute Gasteiger partial charge is 0.229 e. The molecular weight excluding hydrogens is 298 g/mol. The van der Waals surface area contributed by atoms with E-state index in [2.05, 4.69) is 10.3 Å². The van der Waals surface area contributed by atoms with Crippen molar-refractivity contribution >= 4 is 34.8 Å². The van der Waals surface area contributed by atoms with E-state index in [1.807, 2.05) is 0 Å². The molecule has 0 bridgehead atoms. The van der Waals surface area contributed by atoms with E-state index < -0.39 is 0 Å². The fourth-order valence-electron chi connectivity index (χ4n) is 2.75. The highest BCUT2D eigenvalue weighted by Crippen LogP contribution is 2.29. The number of ether oxygens (including phenoxy) is 1. The number of hydrogen-bond acceptors (Lipinski definition) is 5. The Morgan fingerprint density at radius 3 is 3.05 bits per heavy atom. The van der Waals surface area contributed by atoms with Crippen LogP contribution in [0.3, 0.4) is 0 Å². The number of hydrogen-bond donors (Lipinski definition) is 2. The Bertz CT molecular complexity index is 457. The third-order valence-electron chi connectivity index (χ3n) is 3.81. The largest absolute Gasteiger partial charge is 0.375 e. The normalized spacial score (nSPS) is 25.4. The van der Waals surface area contributed by atoms with Crippen LogP contribution in [0.4, 0.5) is 5.13 Å². The first-order valence-corrected chi connectivity index (χ1v) is 7.67. The van der Waals surface area contributed by atoms with Crippen molar-refractivity contribution in [1.29, 1.82) is 0 Å². The van der Waals surface area contributed by atoms with Crippen molar-refractivity contribution in [3.63, 3.8) is 0 Å². The molecule has 3 N–H and O–H groups in total. The van der Waals surface area contributed by atoms with E-state index in [9.17, 15) is 4.79 Å². The van der Waals surface area contributed by atoms with Crippen molar-refractivity contribution in [2.75, 3.05) is 11.9 Å². The zero-order chi connectivity index (χ0) is 13.2. The molecule has 1 aliphatic heterocycles. The molecule has 2 aliphatic rings. The molecule has 2 atom stereocenters. The third kappa shape index (κ3) is 3.49. The Labute approximate surface area is 128 Å². The molecule has 7 heteroatoms. The van der Waals surface area contributed by atoms with Crippen LogP contribution in [0.15, 0.2) is 0 Å². The predicted molar refractivity (Wildman–Crippen MR) is 81.3 cm³/mol. The number of nitrogens with two attached hydrogens (primary N) is 1. The molecule has 20 heavy (non-hydrogen) atoms. The van der Waals surface area contributed by atoms with Gasteiger partial charge in [-0.25, -0.2) is 4.98 Å². The average molecular weight is 318 g/mol. The number of thiazole rings is 1. The number of fused-ring (bicyclic) bond motifs is 1. The second-order valence-corrected chi connectivity index (χ2v) is 6.39. The van der Waals surface area contributed by atoms with Crippen LogP contribution in [0.5, 0.6) is 0 Å². The number of halogens is 1. The number of amides is 1. The summed E-state index contributed by atoms with van der Waals surface area (Å²) in [6.07, 6.45) is 4.65. The molecule has 1 saturated carbocycles. The molecule has 1 aromatic rings. The summed E-state index contributed by atoms with van der Waals surface area (Å²) < 4.78 is 5.39. The lowest BCUT2D eigenvalue weighted by Gasteiger charge is -2.25. The van der Waals surface area contributed by atoms with Gasteiger partial charge in [0.15, 0.2) is 5.13 Å². The van der Waals surface area contributed by atoms with Crippen LogP contribution >= 0.6 is 23.7 Å². The van der Waals surface area contributed by atoms with Gasteiger partial charge in [0.2, 0.25) is 5.91 Å². The third-order valence-corrected chi connectivity index (χ3v) is 4.80. The molecule has 3 rings (SSSR count). The Kier molecular flexibility index (Phi) is 5.37. The first-order chi connectivity index (χ1) is 9.22. The zero-order valence-electron chi connectivity index (χ0n) is 11.3. The van der Waals surface area contributed by atoms with Gasteiger partial charge in [-0.1, -0.05) is 17.8 Å². The summed E-state index contributed by atoms with van der Waals surface area (Å²) in [6.45, 7) is 1.35. The van der Waals surface area contributed by atoms with Crippen LogP contribution in [0.25, 0.3) is 0 Å². The molecule has 0 aromatic carbocycles. The zero-order valence-corrected chi connectivity index (χ0v) is 12.9. The summed E-state index contributed by atoms with van der Waals surface area (Å²) in [5.74, 6) is 0.114. The number of nitrogens with one attached hydrogen (secondary N) is 1. The molecule has 0 spiro atoms. The standard InChI is InChI=1S/C13H19N3O2S.ClH/c14-9-3-1-2-8(6-9)12(17)16-13-15-10-4-5-18-7-11(10)19-13;/h8-9H,1-7,14H2,(H,15,16,17);1H. The summed E-state index contributed by atoms with van der Waals surface area (Å²) in [5, 5.41) is 3.65. The minimum absolute atomic E-state index is 0. The van der Waals surface area contributed by atoms with E-state index in [4.69, 9.17) is 10.5 Å². The Morgan fingerprint density at radius 2 is 2.30 bits per heavy atom. The maximum atomic E-state index is 12.2. The topological polar surface area (TPSA) is 77.2 Å². The van der Waals surface area contributed by atoms with Crippen molar-refractivity contribution in [2.24, 2.45) is 11.7 Å². The fourth-order valence-corrected chi connectivity index (χ4v) is 3.70. The van der Waals surface area contributed by atoms with Crippen LogP contribution in [0.1, 0.15) is 36.3 Å². The van der Waals surface area contributed by atoms with Gasteiger partial charge in [0, 0.05) is 18.4 Å². The van der Waals surface area contributed by atoms with E-state index in [-0.39, 0.29) is 30.3 Å². The predicted octanol–water partition coefficient (Wildman–Crippen LogP) is 2.09. The van der Waals surface area contributed by atoms with E-state index in [1.165, 1.54) is 11.3 Å². The second kappa shape index (κ2) is 6.85. The molecule has 0 radical (unpaired) electrons. The van der Waals surface area contributed by atoms with E-state index in [0.717, 1.165) is 49.3 Å². The molecule has 0 saturated heterocycles. The number of carbonyl (C=O) groups is 1. The molecule has 1 aromatic heterocycles. The summed E-state index contributed by atoms with van der Waals surface area (Å²) in [6, 6.07) is 0.169. The van der Waals surface area contributed by atoms with Gasteiger partial charge >= 0.3 is 0 Å². The Balaban J connectivity index is 0.00000147. The molecule has 5 nitrogen and oxygen atoms in total. The highest BCUT2D eigenvalue weighted by molar-refractivity contribution is 7.15. The fraction of sp³-hybridized carbons (Fsp3) is 0.692. The Hall–Kier alpha value is -0.690. The van der Waals surface area contributed by atoms with Crippen LogP contribution in [-0.2, 0) is 22.6 Å². The average Bonchev–Trinajstić information content (AvgIpc) is 2.80. The van der Waals surface area contributed by atoms with Crippen LogP contribution in [-0.4, -0.2) is 23.5 Å². The number of nitrogens with zero attached hydrogens (tertiary/aromatic N) is 1. The van der Waals surface area contributed by atoms with Gasteiger partial charge in [-0.3, -0.25) is 4.79 Å². The summed E-state index contributed by atoms with van der Waals surface area (Å²) in [5.41, 5.74) is 7.00. The van der Waals surface area contributed by atoms with Gasteiger partial charge in [-0.15, -0.1) is 12.4 Å². The van der Waals surface area contributed by atoms with Gasteiger partial charge < -0.3 is 15.8 Å². The van der Waals surface area contributed by atoms with E-state index >= 15 is 0 Å². The van der Waals surface area contributed by atoms with Gasteiger partial charge in [0.25, 0.3) is 0 Å². The highest BCUT2D eigenvalue weighted by atomic mass is 35.5. The van der Waals surface area contributed by atoms with Crippen molar-refractivity contribution < 1.29 is 9.53 Å². The lowest BCUT2D eigenvalue weighted by molar-refractivity contribution is -0.120. The quantitative estimate of drug-likeness (QED) is 0.875. The summed E-state index contributed by atoms with van der Waals surface area (Å²) >= 11 is 1.53. The molecule has 1 fully saturated rings. The van der Waals surface area contributed by atoms with Crippen LogP contribution in [0, 0.1) is 5.92 Å². The number of rotatable bonds is 2. The molecule has 1 amide bonds. The van der Waals surface area contributed by atoms with Crippen molar-refractivity contribution in [2.45, 2.75) is 44.8 Å². The highest BCUT2D eigenvalue weighted by Gasteiger charge is 2.26. The van der Waals surface area contributed by atoms with E-state index in [1.54, 1.807) is 0 Å². The summed E-state index contributed by atoms with van der Waals surface area (Å²) in [7, 11) is 0. The van der Waals surface area contributed by atoms with Gasteiger partial charge in [-0.2, -0.15) is 0 Å². The lowest BCUT2D eigenvalue weighted by atomic mass is 9.86. The first kappa shape index (κ1) is 15.7. The minimum atomic E-state index is 0. The number of anilines is 1. The van der Waals surface area contributed by atoms with E-state index in [0.29, 0.717) is 11.7 Å². The van der Waals surface area contributed by atoms with Crippen molar-refractivity contribution in [3.05, 3.63) is 10.6 Å². The van der Waals surface area contributed by atoms with Crippen LogP contribution in [0.2, 0.25) is 0 Å².